The van der Waals surface area contributed by atoms with Crippen LogP contribution in [0.4, 0.5) is 18.9 Å². The molecule has 9 heteroatoms. The van der Waals surface area contributed by atoms with Crippen molar-refractivity contribution >= 4 is 21.6 Å². The van der Waals surface area contributed by atoms with Gasteiger partial charge in [0, 0.05) is 6.54 Å². The molecule has 0 fully saturated rings. The molecule has 5 nitrogen and oxygen atoms in total. The molecule has 0 atom stereocenters. The molecule has 0 aromatic heterocycles. The third-order valence-corrected chi connectivity index (χ3v) is 4.43. The Morgan fingerprint density at radius 3 is 2.28 bits per heavy atom. The quantitative estimate of drug-likeness (QED) is 0.791. The number of hydrogen-bond acceptors (Lipinski definition) is 3. The molecule has 0 saturated heterocycles. The normalized spacial score (nSPS) is 11.2. The van der Waals surface area contributed by atoms with E-state index < -0.39 is 45.6 Å². The third kappa shape index (κ3) is 4.72. The summed E-state index contributed by atoms with van der Waals surface area (Å²) in [4.78, 5) is 12.0. The van der Waals surface area contributed by atoms with Crippen molar-refractivity contribution in [3.8, 4) is 0 Å². The molecule has 2 aromatic rings. The van der Waals surface area contributed by atoms with Crippen LogP contribution in [-0.4, -0.2) is 27.1 Å². The number of amides is 1. The summed E-state index contributed by atoms with van der Waals surface area (Å²) in [5.74, 6) is -5.67. The van der Waals surface area contributed by atoms with Gasteiger partial charge in [0.1, 0.15) is 6.54 Å². The fourth-order valence-corrected chi connectivity index (χ4v) is 2.92. The zero-order valence-electron chi connectivity index (χ0n) is 13.2. The van der Waals surface area contributed by atoms with Crippen LogP contribution in [0.15, 0.2) is 42.5 Å². The van der Waals surface area contributed by atoms with Crippen LogP contribution < -0.4 is 9.62 Å². The molecule has 2 aromatic carbocycles. The standard InChI is InChI=1S/C16H15F3N2O3S/c1-25(23,24)21(13-8-7-12(17)15(18)16(13)19)10-14(22)20-9-11-5-3-2-4-6-11/h2-8H,9-10H2,1H3,(H,20,22). The Labute approximate surface area is 143 Å². The molecule has 0 aliphatic carbocycles. The summed E-state index contributed by atoms with van der Waals surface area (Å²) >= 11 is 0. The maximum absolute atomic E-state index is 13.9. The van der Waals surface area contributed by atoms with Crippen LogP contribution in [0, 0.1) is 17.5 Å². The topological polar surface area (TPSA) is 66.5 Å². The van der Waals surface area contributed by atoms with Gasteiger partial charge in [0.2, 0.25) is 15.9 Å². The van der Waals surface area contributed by atoms with Crippen molar-refractivity contribution < 1.29 is 26.4 Å². The van der Waals surface area contributed by atoms with E-state index in [1.54, 1.807) is 30.3 Å². The van der Waals surface area contributed by atoms with Crippen molar-refractivity contribution in [3.05, 3.63) is 65.5 Å². The van der Waals surface area contributed by atoms with Crippen molar-refractivity contribution in [1.82, 2.24) is 5.32 Å². The third-order valence-electron chi connectivity index (χ3n) is 3.30. The van der Waals surface area contributed by atoms with Crippen LogP contribution in [0.5, 0.6) is 0 Å². The van der Waals surface area contributed by atoms with Gasteiger partial charge in [-0.1, -0.05) is 30.3 Å². The van der Waals surface area contributed by atoms with Gasteiger partial charge in [-0.3, -0.25) is 9.10 Å². The monoisotopic (exact) mass is 372 g/mol. The molecule has 2 rings (SSSR count). The van der Waals surface area contributed by atoms with E-state index in [1.165, 1.54) is 0 Å². The van der Waals surface area contributed by atoms with Gasteiger partial charge in [-0.2, -0.15) is 0 Å². The number of hydrogen-bond donors (Lipinski definition) is 1. The van der Waals surface area contributed by atoms with Crippen LogP contribution >= 0.6 is 0 Å². The Hall–Kier alpha value is -2.55. The minimum absolute atomic E-state index is 0.136. The van der Waals surface area contributed by atoms with Crippen LogP contribution in [0.2, 0.25) is 0 Å². The first-order valence-corrected chi connectivity index (χ1v) is 8.97. The molecule has 0 spiro atoms. The van der Waals surface area contributed by atoms with Crippen molar-refractivity contribution in [2.24, 2.45) is 0 Å². The molecule has 0 heterocycles. The Balaban J connectivity index is 2.19. The average Bonchev–Trinajstić information content (AvgIpc) is 2.56. The zero-order valence-corrected chi connectivity index (χ0v) is 14.0. The predicted octanol–water partition coefficient (Wildman–Crippen LogP) is 2.19. The van der Waals surface area contributed by atoms with Gasteiger partial charge in [-0.15, -0.1) is 0 Å². The summed E-state index contributed by atoms with van der Waals surface area (Å²) in [6, 6.07) is 10.2. The number of halogens is 3. The lowest BCUT2D eigenvalue weighted by Crippen LogP contribution is -2.40. The lowest BCUT2D eigenvalue weighted by atomic mass is 10.2. The summed E-state index contributed by atoms with van der Waals surface area (Å²) in [6.45, 7) is -0.634. The molecule has 1 N–H and O–H groups in total. The van der Waals surface area contributed by atoms with Crippen molar-refractivity contribution in [3.63, 3.8) is 0 Å². The molecule has 134 valence electrons. The highest BCUT2D eigenvalue weighted by molar-refractivity contribution is 7.92. The zero-order chi connectivity index (χ0) is 18.6. The summed E-state index contributed by atoms with van der Waals surface area (Å²) in [5, 5.41) is 2.48. The first-order chi connectivity index (χ1) is 11.7. The number of carbonyl (C=O) groups is 1. The fraction of sp³-hybridized carbons (Fsp3) is 0.188. The summed E-state index contributed by atoms with van der Waals surface area (Å²) in [5.41, 5.74) is 0.0389. The van der Waals surface area contributed by atoms with Crippen LogP contribution in [0.3, 0.4) is 0 Å². The molecular formula is C16H15F3N2O3S. The maximum atomic E-state index is 13.9. The van der Waals surface area contributed by atoms with E-state index in [-0.39, 0.29) is 6.54 Å². The first-order valence-electron chi connectivity index (χ1n) is 7.12. The molecule has 0 aliphatic rings. The van der Waals surface area contributed by atoms with E-state index in [4.69, 9.17) is 0 Å². The van der Waals surface area contributed by atoms with Gasteiger partial charge in [0.25, 0.3) is 0 Å². The van der Waals surface area contributed by atoms with E-state index in [0.717, 1.165) is 17.9 Å². The van der Waals surface area contributed by atoms with E-state index in [0.29, 0.717) is 10.4 Å². The second-order valence-corrected chi connectivity index (χ2v) is 7.13. The highest BCUT2D eigenvalue weighted by Gasteiger charge is 2.26. The molecule has 0 unspecified atom stereocenters. The Bertz CT molecular complexity index is 874. The molecule has 0 radical (unpaired) electrons. The van der Waals surface area contributed by atoms with Crippen molar-refractivity contribution in [2.75, 3.05) is 17.1 Å². The van der Waals surface area contributed by atoms with Gasteiger partial charge >= 0.3 is 0 Å². The van der Waals surface area contributed by atoms with Crippen molar-refractivity contribution in [2.45, 2.75) is 6.54 Å². The minimum Gasteiger partial charge on any atom is -0.350 e. The smallest absolute Gasteiger partial charge is 0.241 e. The van der Waals surface area contributed by atoms with Crippen LogP contribution in [0.1, 0.15) is 5.56 Å². The summed E-state index contributed by atoms with van der Waals surface area (Å²) in [6.07, 6.45) is 0.734. The largest absolute Gasteiger partial charge is 0.350 e. The van der Waals surface area contributed by atoms with E-state index in [9.17, 15) is 26.4 Å². The number of benzene rings is 2. The fourth-order valence-electron chi connectivity index (χ4n) is 2.07. The molecule has 1 amide bonds. The average molecular weight is 372 g/mol. The van der Waals surface area contributed by atoms with E-state index in [1.807, 2.05) is 0 Å². The number of anilines is 1. The summed E-state index contributed by atoms with van der Waals surface area (Å²) < 4.78 is 64.4. The number of nitrogens with one attached hydrogen (secondary N) is 1. The Morgan fingerprint density at radius 1 is 1.04 bits per heavy atom. The highest BCUT2D eigenvalue weighted by atomic mass is 32.2. The van der Waals surface area contributed by atoms with Crippen LogP contribution in [-0.2, 0) is 21.4 Å². The predicted molar refractivity (Wildman–Crippen MR) is 86.8 cm³/mol. The maximum Gasteiger partial charge on any atom is 0.241 e. The summed E-state index contributed by atoms with van der Waals surface area (Å²) in [7, 11) is -4.10. The number of rotatable bonds is 6. The molecular weight excluding hydrogens is 357 g/mol. The van der Waals surface area contributed by atoms with Crippen LogP contribution in [0.25, 0.3) is 0 Å². The molecule has 0 aliphatic heterocycles. The second kappa shape index (κ2) is 7.56. The first kappa shape index (κ1) is 18.8. The Morgan fingerprint density at radius 2 is 1.68 bits per heavy atom. The molecule has 0 saturated carbocycles. The van der Waals surface area contributed by atoms with Gasteiger partial charge in [-0.25, -0.2) is 21.6 Å². The SMILES string of the molecule is CS(=O)(=O)N(CC(=O)NCc1ccccc1)c1ccc(F)c(F)c1F. The van der Waals surface area contributed by atoms with E-state index >= 15 is 0 Å². The Kier molecular flexibility index (Phi) is 5.68. The van der Waals surface area contributed by atoms with Gasteiger partial charge < -0.3 is 5.32 Å². The number of carbonyl (C=O) groups excluding carboxylic acids is 1. The minimum atomic E-state index is -4.10. The lowest BCUT2D eigenvalue weighted by Gasteiger charge is -2.22. The van der Waals surface area contributed by atoms with Gasteiger partial charge in [0.15, 0.2) is 17.5 Å². The van der Waals surface area contributed by atoms with E-state index in [2.05, 4.69) is 5.32 Å². The highest BCUT2D eigenvalue weighted by Crippen LogP contribution is 2.25. The number of nitrogens with zero attached hydrogens (tertiary/aromatic N) is 1. The number of sulfonamides is 1. The van der Waals surface area contributed by atoms with Gasteiger partial charge in [-0.05, 0) is 17.7 Å². The lowest BCUT2D eigenvalue weighted by molar-refractivity contribution is -0.119. The molecule has 25 heavy (non-hydrogen) atoms. The van der Waals surface area contributed by atoms with Crippen molar-refractivity contribution in [1.29, 1.82) is 0 Å². The van der Waals surface area contributed by atoms with Gasteiger partial charge in [0.05, 0.1) is 11.9 Å². The second-order valence-electron chi connectivity index (χ2n) is 5.23. The molecule has 0 bridgehead atoms.